The highest BCUT2D eigenvalue weighted by molar-refractivity contribution is 5.98. The summed E-state index contributed by atoms with van der Waals surface area (Å²) in [5, 5.41) is 8.86. The molecule has 2 aliphatic rings. The van der Waals surface area contributed by atoms with Gasteiger partial charge in [0, 0.05) is 18.0 Å². The summed E-state index contributed by atoms with van der Waals surface area (Å²) in [6.45, 7) is 0.217. The summed E-state index contributed by atoms with van der Waals surface area (Å²) < 4.78 is 19.8. The van der Waals surface area contributed by atoms with Crippen LogP contribution >= 0.6 is 0 Å². The molecule has 2 aromatic rings. The van der Waals surface area contributed by atoms with Gasteiger partial charge in [-0.25, -0.2) is 9.18 Å². The number of hydrogen-bond acceptors (Lipinski definition) is 4. The highest BCUT2D eigenvalue weighted by Gasteiger charge is 2.46. The molecule has 2 aromatic carbocycles. The second-order valence-electron chi connectivity index (χ2n) is 8.01. The molecule has 1 amide bonds. The number of nitriles is 1. The van der Waals surface area contributed by atoms with Gasteiger partial charge in [-0.05, 0) is 48.9 Å². The number of benzene rings is 2. The lowest BCUT2D eigenvalue weighted by atomic mass is 9.84. The molecule has 0 saturated carbocycles. The zero-order valence-corrected chi connectivity index (χ0v) is 16.6. The van der Waals surface area contributed by atoms with Crippen LogP contribution < -0.4 is 0 Å². The first kappa shape index (κ1) is 20.1. The van der Waals surface area contributed by atoms with Gasteiger partial charge in [0.15, 0.2) is 5.78 Å². The summed E-state index contributed by atoms with van der Waals surface area (Å²) in [6, 6.07) is 15.7. The van der Waals surface area contributed by atoms with Crippen molar-refractivity contribution in [1.29, 1.82) is 5.26 Å². The number of Topliss-reactive ketones (excluding diaryl/α,β-unsaturated/α-hetero) is 1. The van der Waals surface area contributed by atoms with Crippen LogP contribution in [0.25, 0.3) is 0 Å². The Morgan fingerprint density at radius 3 is 2.43 bits per heavy atom. The van der Waals surface area contributed by atoms with Gasteiger partial charge in [-0.2, -0.15) is 5.26 Å². The maximum absolute atomic E-state index is 14.3. The molecule has 5 nitrogen and oxygen atoms in total. The average Bonchev–Trinajstić information content (AvgIpc) is 3.03. The number of rotatable bonds is 5. The monoisotopic (exact) mass is 406 g/mol. The van der Waals surface area contributed by atoms with Crippen molar-refractivity contribution in [1.82, 2.24) is 4.90 Å². The van der Waals surface area contributed by atoms with Gasteiger partial charge in [0.2, 0.25) is 0 Å². The van der Waals surface area contributed by atoms with E-state index in [1.165, 1.54) is 18.2 Å². The molecule has 154 valence electrons. The van der Waals surface area contributed by atoms with E-state index in [0.717, 1.165) is 18.4 Å². The highest BCUT2D eigenvalue weighted by atomic mass is 19.1. The number of carbonyl (C=O) groups excluding carboxylic acids is 2. The molecule has 6 heteroatoms. The third-order valence-corrected chi connectivity index (χ3v) is 6.10. The molecule has 2 atom stereocenters. The smallest absolute Gasteiger partial charge is 0.410 e. The normalized spacial score (nSPS) is 22.4. The van der Waals surface area contributed by atoms with Gasteiger partial charge in [-0.1, -0.05) is 36.4 Å². The predicted molar refractivity (Wildman–Crippen MR) is 108 cm³/mol. The van der Waals surface area contributed by atoms with Gasteiger partial charge in [0.05, 0.1) is 18.1 Å². The molecule has 4 rings (SSSR count). The fourth-order valence-electron chi connectivity index (χ4n) is 4.67. The van der Waals surface area contributed by atoms with E-state index in [2.05, 4.69) is 0 Å². The van der Waals surface area contributed by atoms with Crippen LogP contribution in [0.4, 0.5) is 9.18 Å². The van der Waals surface area contributed by atoms with Crippen molar-refractivity contribution in [2.24, 2.45) is 5.92 Å². The molecule has 2 unspecified atom stereocenters. The zero-order valence-electron chi connectivity index (χ0n) is 16.6. The van der Waals surface area contributed by atoms with E-state index in [1.807, 2.05) is 36.4 Å². The van der Waals surface area contributed by atoms with E-state index in [4.69, 9.17) is 10.00 Å². The van der Waals surface area contributed by atoms with Crippen LogP contribution in [-0.2, 0) is 17.8 Å². The number of amides is 1. The minimum atomic E-state index is -0.557. The molecule has 0 spiro atoms. The molecule has 2 aliphatic heterocycles. The Morgan fingerprint density at radius 2 is 1.77 bits per heavy atom. The van der Waals surface area contributed by atoms with Gasteiger partial charge >= 0.3 is 6.09 Å². The Labute approximate surface area is 175 Å². The number of fused-ring (bicyclic) bond motifs is 2. The summed E-state index contributed by atoms with van der Waals surface area (Å²) in [5.74, 6) is -1.12. The Bertz CT molecular complexity index is 972. The summed E-state index contributed by atoms with van der Waals surface area (Å²) in [6.07, 6.45) is 2.46. The Morgan fingerprint density at radius 1 is 1.07 bits per heavy atom. The van der Waals surface area contributed by atoms with Gasteiger partial charge < -0.3 is 9.64 Å². The summed E-state index contributed by atoms with van der Waals surface area (Å²) in [4.78, 5) is 27.5. The van der Waals surface area contributed by atoms with Gasteiger partial charge in [0.1, 0.15) is 12.4 Å². The number of carbonyl (C=O) groups is 2. The Balaban J connectivity index is 1.42. The van der Waals surface area contributed by atoms with E-state index >= 15 is 0 Å². The van der Waals surface area contributed by atoms with Crippen molar-refractivity contribution in [3.8, 4) is 6.07 Å². The number of piperidine rings is 1. The molecule has 0 aliphatic carbocycles. The van der Waals surface area contributed by atoms with Gasteiger partial charge in [-0.3, -0.25) is 4.79 Å². The van der Waals surface area contributed by atoms with Gasteiger partial charge in [-0.15, -0.1) is 0 Å². The van der Waals surface area contributed by atoms with E-state index < -0.39 is 5.82 Å². The van der Waals surface area contributed by atoms with Crippen molar-refractivity contribution in [3.63, 3.8) is 0 Å². The zero-order chi connectivity index (χ0) is 21.1. The average molecular weight is 406 g/mol. The van der Waals surface area contributed by atoms with Gasteiger partial charge in [0.25, 0.3) is 0 Å². The van der Waals surface area contributed by atoms with Crippen molar-refractivity contribution in [2.45, 2.75) is 50.8 Å². The predicted octanol–water partition coefficient (Wildman–Crippen LogP) is 4.65. The highest BCUT2D eigenvalue weighted by Crippen LogP contribution is 2.40. The summed E-state index contributed by atoms with van der Waals surface area (Å²) in [7, 11) is 0. The molecular weight excluding hydrogens is 383 g/mol. The lowest BCUT2D eigenvalue weighted by Gasteiger charge is -2.37. The van der Waals surface area contributed by atoms with Crippen LogP contribution in [0.5, 0.6) is 0 Å². The molecule has 0 aromatic heterocycles. The maximum Gasteiger partial charge on any atom is 0.410 e. The largest absolute Gasteiger partial charge is 0.445 e. The fourth-order valence-corrected chi connectivity index (χ4v) is 4.67. The number of ketones is 1. The molecule has 0 N–H and O–H groups in total. The van der Waals surface area contributed by atoms with Crippen LogP contribution in [0.2, 0.25) is 0 Å². The second kappa shape index (κ2) is 8.66. The minimum absolute atomic E-state index is 0.0484. The third kappa shape index (κ3) is 4.06. The molecule has 30 heavy (non-hydrogen) atoms. The topological polar surface area (TPSA) is 70.4 Å². The fraction of sp³-hybridized carbons (Fsp3) is 0.375. The van der Waals surface area contributed by atoms with Crippen molar-refractivity contribution < 1.29 is 18.7 Å². The summed E-state index contributed by atoms with van der Waals surface area (Å²) >= 11 is 0. The van der Waals surface area contributed by atoms with Crippen molar-refractivity contribution in [3.05, 3.63) is 71.0 Å². The maximum atomic E-state index is 14.3. The molecule has 2 bridgehead atoms. The molecule has 0 radical (unpaired) electrons. The standard InChI is InChI=1S/C24H23FN2O3/c25-22-9-6-16(10-11-26)12-21(22)23(28)18-13-19-7-8-20(14-18)27(19)24(29)30-15-17-4-2-1-3-5-17/h1-6,9,12,18-20H,7-8,10,13-15H2. The Hall–Kier alpha value is -3.20. The second-order valence-corrected chi connectivity index (χ2v) is 8.01. The van der Waals surface area contributed by atoms with Crippen molar-refractivity contribution >= 4 is 11.9 Å². The van der Waals surface area contributed by atoms with Crippen LogP contribution in [0.1, 0.15) is 47.2 Å². The lowest BCUT2D eigenvalue weighted by Crippen LogP contribution is -2.48. The molecule has 2 heterocycles. The van der Waals surface area contributed by atoms with E-state index in [-0.39, 0.29) is 48.5 Å². The minimum Gasteiger partial charge on any atom is -0.445 e. The summed E-state index contributed by atoms with van der Waals surface area (Å²) in [5.41, 5.74) is 1.61. The van der Waals surface area contributed by atoms with E-state index in [0.29, 0.717) is 18.4 Å². The first-order valence-corrected chi connectivity index (χ1v) is 10.3. The van der Waals surface area contributed by atoms with Crippen molar-refractivity contribution in [2.75, 3.05) is 0 Å². The number of ether oxygens (including phenoxy) is 1. The number of hydrogen-bond donors (Lipinski definition) is 0. The lowest BCUT2D eigenvalue weighted by molar-refractivity contribution is 0.0483. The number of nitrogens with zero attached hydrogens (tertiary/aromatic N) is 2. The van der Waals surface area contributed by atoms with E-state index in [9.17, 15) is 14.0 Å². The van der Waals surface area contributed by atoms with Crippen LogP contribution in [-0.4, -0.2) is 28.9 Å². The third-order valence-electron chi connectivity index (χ3n) is 6.10. The first-order valence-electron chi connectivity index (χ1n) is 10.3. The van der Waals surface area contributed by atoms with Crippen LogP contribution in [0.15, 0.2) is 48.5 Å². The van der Waals surface area contributed by atoms with Crippen LogP contribution in [0, 0.1) is 23.1 Å². The SMILES string of the molecule is N#CCc1ccc(F)c(C(=O)C2CC3CCC(C2)N3C(=O)OCc2ccccc2)c1. The first-order chi connectivity index (χ1) is 14.6. The Kier molecular flexibility index (Phi) is 5.80. The van der Waals surface area contributed by atoms with Crippen LogP contribution in [0.3, 0.4) is 0 Å². The molecule has 2 saturated heterocycles. The molecule has 2 fully saturated rings. The molecular formula is C24H23FN2O3. The van der Waals surface area contributed by atoms with E-state index in [1.54, 1.807) is 4.90 Å². The number of halogens is 1. The quantitative estimate of drug-likeness (QED) is 0.678.